The van der Waals surface area contributed by atoms with E-state index in [4.69, 9.17) is 11.6 Å². The monoisotopic (exact) mass is 306 g/mol. The Bertz CT molecular complexity index is 691. The molecule has 0 aliphatic rings. The van der Waals surface area contributed by atoms with Crippen molar-refractivity contribution in [1.29, 1.82) is 0 Å². The van der Waals surface area contributed by atoms with Crippen molar-refractivity contribution in [3.63, 3.8) is 0 Å². The zero-order valence-electron chi connectivity index (χ0n) is 8.77. The summed E-state index contributed by atoms with van der Waals surface area (Å²) in [4.78, 5) is 4.53. The Morgan fingerprint density at radius 1 is 1.18 bits per heavy atom. The molecule has 0 spiro atoms. The van der Waals surface area contributed by atoms with Crippen molar-refractivity contribution in [2.45, 2.75) is 0 Å². The maximum Gasteiger partial charge on any atom is 0.156 e. The highest BCUT2D eigenvalue weighted by atomic mass is 79.9. The van der Waals surface area contributed by atoms with Crippen LogP contribution in [0.25, 0.3) is 16.9 Å². The summed E-state index contributed by atoms with van der Waals surface area (Å²) in [5.41, 5.74) is 2.77. The summed E-state index contributed by atoms with van der Waals surface area (Å²) < 4.78 is 2.97. The van der Waals surface area contributed by atoms with Crippen molar-refractivity contribution in [3.05, 3.63) is 58.3 Å². The summed E-state index contributed by atoms with van der Waals surface area (Å²) in [6.45, 7) is 0. The molecule has 2 aromatic heterocycles. The first-order valence-electron chi connectivity index (χ1n) is 5.13. The van der Waals surface area contributed by atoms with Crippen LogP contribution < -0.4 is 0 Å². The molecule has 0 unspecified atom stereocenters. The van der Waals surface area contributed by atoms with Crippen LogP contribution in [0.3, 0.4) is 0 Å². The Labute approximate surface area is 112 Å². The van der Waals surface area contributed by atoms with E-state index in [-0.39, 0.29) is 0 Å². The molecule has 4 heteroatoms. The van der Waals surface area contributed by atoms with Crippen LogP contribution in [0.2, 0.25) is 5.02 Å². The Morgan fingerprint density at radius 3 is 2.82 bits per heavy atom. The minimum atomic E-state index is 0.661. The molecule has 0 fully saturated rings. The molecule has 0 amide bonds. The molecule has 17 heavy (non-hydrogen) atoms. The number of benzene rings is 1. The molecule has 3 aromatic rings. The van der Waals surface area contributed by atoms with Gasteiger partial charge in [-0.2, -0.15) is 0 Å². The average molecular weight is 308 g/mol. The predicted molar refractivity (Wildman–Crippen MR) is 73.3 cm³/mol. The van der Waals surface area contributed by atoms with Gasteiger partial charge in [-0.25, -0.2) is 4.98 Å². The first-order chi connectivity index (χ1) is 8.24. The van der Waals surface area contributed by atoms with Crippen molar-refractivity contribution in [1.82, 2.24) is 9.38 Å². The van der Waals surface area contributed by atoms with E-state index in [0.717, 1.165) is 21.4 Å². The minimum Gasteiger partial charge on any atom is -0.305 e. The normalized spacial score (nSPS) is 10.9. The topological polar surface area (TPSA) is 17.3 Å². The molecule has 0 N–H and O–H groups in total. The van der Waals surface area contributed by atoms with E-state index in [1.54, 1.807) is 0 Å². The van der Waals surface area contributed by atoms with Gasteiger partial charge in [0.1, 0.15) is 0 Å². The number of fused-ring (bicyclic) bond motifs is 1. The van der Waals surface area contributed by atoms with Crippen LogP contribution in [-0.4, -0.2) is 9.38 Å². The highest BCUT2D eigenvalue weighted by Crippen LogP contribution is 2.24. The molecule has 0 saturated carbocycles. The Balaban J connectivity index is 2.22. The average Bonchev–Trinajstić information content (AvgIpc) is 2.74. The Morgan fingerprint density at radius 2 is 2.06 bits per heavy atom. The number of halogens is 2. The summed E-state index contributed by atoms with van der Waals surface area (Å²) in [6.07, 6.45) is 3.92. The molecule has 2 heterocycles. The zero-order valence-corrected chi connectivity index (χ0v) is 11.1. The van der Waals surface area contributed by atoms with Gasteiger partial charge in [0.25, 0.3) is 0 Å². The largest absolute Gasteiger partial charge is 0.305 e. The summed E-state index contributed by atoms with van der Waals surface area (Å²) >= 11 is 9.55. The van der Waals surface area contributed by atoms with Crippen molar-refractivity contribution in [3.8, 4) is 11.3 Å². The van der Waals surface area contributed by atoms with Crippen LogP contribution in [0.1, 0.15) is 0 Å². The van der Waals surface area contributed by atoms with Gasteiger partial charge in [0.05, 0.1) is 10.7 Å². The van der Waals surface area contributed by atoms with Gasteiger partial charge >= 0.3 is 0 Å². The number of pyridine rings is 1. The molecule has 3 rings (SSSR count). The summed E-state index contributed by atoms with van der Waals surface area (Å²) in [5.74, 6) is 0. The first-order valence-corrected chi connectivity index (χ1v) is 6.30. The van der Waals surface area contributed by atoms with Gasteiger partial charge in [-0.1, -0.05) is 39.7 Å². The fraction of sp³-hybridized carbons (Fsp3) is 0. The molecule has 0 bridgehead atoms. The maximum absolute atomic E-state index is 6.10. The minimum absolute atomic E-state index is 0.661. The molecule has 0 atom stereocenters. The van der Waals surface area contributed by atoms with E-state index < -0.39 is 0 Å². The predicted octanol–water partition coefficient (Wildman–Crippen LogP) is 4.42. The van der Waals surface area contributed by atoms with Crippen LogP contribution in [0, 0.1) is 0 Å². The lowest BCUT2D eigenvalue weighted by Crippen LogP contribution is -1.80. The number of imidazole rings is 1. The van der Waals surface area contributed by atoms with Gasteiger partial charge in [-0.3, -0.25) is 0 Å². The van der Waals surface area contributed by atoms with E-state index in [9.17, 15) is 0 Å². The lowest BCUT2D eigenvalue weighted by molar-refractivity contribution is 1.19. The molecule has 2 nitrogen and oxygen atoms in total. The van der Waals surface area contributed by atoms with Crippen LogP contribution in [0.5, 0.6) is 0 Å². The van der Waals surface area contributed by atoms with Gasteiger partial charge < -0.3 is 4.40 Å². The molecule has 1 aromatic carbocycles. The maximum atomic E-state index is 6.10. The van der Waals surface area contributed by atoms with Crippen molar-refractivity contribution >= 4 is 33.2 Å². The van der Waals surface area contributed by atoms with Gasteiger partial charge in [0.15, 0.2) is 5.65 Å². The molecule has 0 aliphatic carbocycles. The van der Waals surface area contributed by atoms with E-state index in [2.05, 4.69) is 20.9 Å². The van der Waals surface area contributed by atoms with E-state index in [1.165, 1.54) is 0 Å². The van der Waals surface area contributed by atoms with Gasteiger partial charge in [0.2, 0.25) is 0 Å². The molecular weight excluding hydrogens is 300 g/mol. The van der Waals surface area contributed by atoms with Crippen LogP contribution in [0.4, 0.5) is 0 Å². The fourth-order valence-electron chi connectivity index (χ4n) is 1.77. The molecular formula is C13H8BrClN2. The number of hydrogen-bond acceptors (Lipinski definition) is 1. The molecule has 0 aliphatic heterocycles. The molecule has 0 radical (unpaired) electrons. The highest BCUT2D eigenvalue weighted by molar-refractivity contribution is 9.10. The van der Waals surface area contributed by atoms with Gasteiger partial charge in [0, 0.05) is 22.4 Å². The quantitative estimate of drug-likeness (QED) is 0.650. The highest BCUT2D eigenvalue weighted by Gasteiger charge is 2.06. The van der Waals surface area contributed by atoms with E-state index in [1.807, 2.05) is 53.2 Å². The van der Waals surface area contributed by atoms with Crippen molar-refractivity contribution < 1.29 is 0 Å². The van der Waals surface area contributed by atoms with Crippen LogP contribution in [-0.2, 0) is 0 Å². The van der Waals surface area contributed by atoms with Gasteiger partial charge in [-0.15, -0.1) is 0 Å². The first kappa shape index (κ1) is 10.8. The third-order valence-electron chi connectivity index (χ3n) is 2.56. The summed E-state index contributed by atoms with van der Waals surface area (Å²) in [5, 5.41) is 0.661. The number of aromatic nitrogens is 2. The number of rotatable bonds is 1. The lowest BCUT2D eigenvalue weighted by Gasteiger charge is -1.95. The van der Waals surface area contributed by atoms with Crippen molar-refractivity contribution in [2.75, 3.05) is 0 Å². The Hall–Kier alpha value is -1.32. The standard InChI is InChI=1S/C13H8BrClN2/c14-10-4-1-3-9(7-10)12-8-17-6-2-5-11(15)13(17)16-12/h1-8H. The SMILES string of the molecule is Clc1cccn2cc(-c3cccc(Br)c3)nc12. The second-order valence-electron chi connectivity index (χ2n) is 3.72. The summed E-state index contributed by atoms with van der Waals surface area (Å²) in [7, 11) is 0. The second-order valence-corrected chi connectivity index (χ2v) is 5.05. The Kier molecular flexibility index (Phi) is 2.65. The zero-order chi connectivity index (χ0) is 11.8. The van der Waals surface area contributed by atoms with E-state index in [0.29, 0.717) is 5.02 Å². The number of hydrogen-bond donors (Lipinski definition) is 0. The van der Waals surface area contributed by atoms with Crippen molar-refractivity contribution in [2.24, 2.45) is 0 Å². The van der Waals surface area contributed by atoms with Gasteiger partial charge in [-0.05, 0) is 24.3 Å². The van der Waals surface area contributed by atoms with Crippen LogP contribution >= 0.6 is 27.5 Å². The van der Waals surface area contributed by atoms with Crippen LogP contribution in [0.15, 0.2) is 53.3 Å². The molecule has 0 saturated heterocycles. The number of nitrogens with zero attached hydrogens (tertiary/aromatic N) is 2. The summed E-state index contributed by atoms with van der Waals surface area (Å²) in [6, 6.07) is 11.8. The third kappa shape index (κ3) is 1.96. The van der Waals surface area contributed by atoms with E-state index >= 15 is 0 Å². The molecule has 84 valence electrons. The third-order valence-corrected chi connectivity index (χ3v) is 3.34. The fourth-order valence-corrected chi connectivity index (χ4v) is 2.38. The lowest BCUT2D eigenvalue weighted by atomic mass is 10.2. The second kappa shape index (κ2) is 4.17. The smallest absolute Gasteiger partial charge is 0.156 e.